The van der Waals surface area contributed by atoms with Gasteiger partial charge in [-0.2, -0.15) is 4.98 Å². The molecule has 16 heavy (non-hydrogen) atoms. The second-order valence-electron chi connectivity index (χ2n) is 3.19. The summed E-state index contributed by atoms with van der Waals surface area (Å²) >= 11 is 4.93. The van der Waals surface area contributed by atoms with Crippen molar-refractivity contribution in [3.05, 3.63) is 34.5 Å². The first-order valence-corrected chi connectivity index (χ1v) is 6.27. The van der Waals surface area contributed by atoms with E-state index in [0.29, 0.717) is 18.1 Å². The van der Waals surface area contributed by atoms with Gasteiger partial charge in [0.05, 0.1) is 14.7 Å². The van der Waals surface area contributed by atoms with Crippen molar-refractivity contribution in [3.63, 3.8) is 0 Å². The molecule has 2 heterocycles. The van der Waals surface area contributed by atoms with E-state index in [-0.39, 0.29) is 6.04 Å². The zero-order valence-electron chi connectivity index (χ0n) is 8.39. The summed E-state index contributed by atoms with van der Waals surface area (Å²) in [5, 5.41) is 3.89. The van der Waals surface area contributed by atoms with E-state index in [1.165, 1.54) is 0 Å². The maximum atomic E-state index is 5.83. The van der Waals surface area contributed by atoms with E-state index < -0.39 is 0 Å². The molecule has 0 bridgehead atoms. The molecule has 84 valence electrons. The average molecular weight is 300 g/mol. The fourth-order valence-corrected chi connectivity index (χ4v) is 2.51. The molecule has 6 heteroatoms. The monoisotopic (exact) mass is 299 g/mol. The molecule has 0 aromatic carbocycles. The second kappa shape index (κ2) is 4.90. The molecule has 2 aromatic rings. The van der Waals surface area contributed by atoms with Crippen LogP contribution in [0.2, 0.25) is 0 Å². The van der Waals surface area contributed by atoms with Crippen LogP contribution in [-0.2, 0) is 0 Å². The first kappa shape index (κ1) is 11.5. The van der Waals surface area contributed by atoms with Gasteiger partial charge in [-0.15, -0.1) is 17.9 Å². The highest BCUT2D eigenvalue weighted by atomic mass is 79.9. The van der Waals surface area contributed by atoms with Crippen molar-refractivity contribution < 1.29 is 4.52 Å². The summed E-state index contributed by atoms with van der Waals surface area (Å²) in [4.78, 5) is 5.20. The molecule has 0 aliphatic rings. The van der Waals surface area contributed by atoms with Gasteiger partial charge in [0.1, 0.15) is 0 Å². The smallest absolute Gasteiger partial charge is 0.244 e. The van der Waals surface area contributed by atoms with Gasteiger partial charge >= 0.3 is 0 Å². The number of thiophene rings is 1. The van der Waals surface area contributed by atoms with Gasteiger partial charge in [-0.25, -0.2) is 0 Å². The van der Waals surface area contributed by atoms with E-state index in [1.807, 2.05) is 12.1 Å². The van der Waals surface area contributed by atoms with Crippen molar-refractivity contribution in [1.29, 1.82) is 0 Å². The number of nitrogens with two attached hydrogens (primary N) is 1. The fraction of sp³-hybridized carbons (Fsp3) is 0.200. The lowest BCUT2D eigenvalue weighted by Crippen LogP contribution is -2.09. The Bertz CT molecular complexity index is 494. The van der Waals surface area contributed by atoms with E-state index in [9.17, 15) is 0 Å². The van der Waals surface area contributed by atoms with Crippen LogP contribution in [0.5, 0.6) is 0 Å². The molecule has 0 aliphatic carbocycles. The highest BCUT2D eigenvalue weighted by Gasteiger charge is 2.15. The zero-order chi connectivity index (χ0) is 11.5. The Hall–Kier alpha value is -0.980. The lowest BCUT2D eigenvalue weighted by atomic mass is 10.2. The number of hydrogen-bond acceptors (Lipinski definition) is 5. The summed E-state index contributed by atoms with van der Waals surface area (Å²) < 4.78 is 6.13. The number of hydrogen-bond donors (Lipinski definition) is 1. The molecule has 0 fully saturated rings. The third-order valence-corrected chi connectivity index (χ3v) is 3.59. The molecule has 0 saturated carbocycles. The van der Waals surface area contributed by atoms with E-state index in [1.54, 1.807) is 17.4 Å². The standard InChI is InChI=1S/C10H10BrN3OS/c1-2-3-6(12)10-13-9(14-15-10)7-4-5-8(11)16-7/h2,4-6H,1,3,12H2. The summed E-state index contributed by atoms with van der Waals surface area (Å²) in [6, 6.07) is 3.60. The highest BCUT2D eigenvalue weighted by Crippen LogP contribution is 2.29. The number of aromatic nitrogens is 2. The third-order valence-electron chi connectivity index (χ3n) is 1.97. The van der Waals surface area contributed by atoms with Crippen LogP contribution < -0.4 is 5.73 Å². The van der Waals surface area contributed by atoms with Crippen molar-refractivity contribution in [3.8, 4) is 10.7 Å². The molecule has 2 N–H and O–H groups in total. The van der Waals surface area contributed by atoms with Crippen LogP contribution in [-0.4, -0.2) is 10.1 Å². The van der Waals surface area contributed by atoms with Crippen molar-refractivity contribution in [2.75, 3.05) is 0 Å². The molecule has 1 unspecified atom stereocenters. The van der Waals surface area contributed by atoms with Crippen LogP contribution in [0, 0.1) is 0 Å². The molecule has 2 aromatic heterocycles. The molecule has 0 spiro atoms. The van der Waals surface area contributed by atoms with E-state index in [2.05, 4.69) is 32.6 Å². The van der Waals surface area contributed by atoms with E-state index >= 15 is 0 Å². The maximum absolute atomic E-state index is 5.83. The van der Waals surface area contributed by atoms with Crippen molar-refractivity contribution in [2.24, 2.45) is 5.73 Å². The Morgan fingerprint density at radius 1 is 1.62 bits per heavy atom. The van der Waals surface area contributed by atoms with Crippen molar-refractivity contribution in [2.45, 2.75) is 12.5 Å². The lowest BCUT2D eigenvalue weighted by Gasteiger charge is -1.99. The Labute approximate surface area is 105 Å². The fourth-order valence-electron chi connectivity index (χ4n) is 1.20. The Balaban J connectivity index is 2.22. The normalized spacial score (nSPS) is 12.6. The molecule has 0 aliphatic heterocycles. The van der Waals surface area contributed by atoms with E-state index in [0.717, 1.165) is 8.66 Å². The minimum atomic E-state index is -0.276. The Kier molecular flexibility index (Phi) is 3.52. The van der Waals surface area contributed by atoms with Crippen LogP contribution in [0.4, 0.5) is 0 Å². The molecule has 1 atom stereocenters. The first-order valence-electron chi connectivity index (χ1n) is 4.66. The topological polar surface area (TPSA) is 64.9 Å². The van der Waals surface area contributed by atoms with Crippen molar-refractivity contribution in [1.82, 2.24) is 10.1 Å². The summed E-state index contributed by atoms with van der Waals surface area (Å²) in [6.45, 7) is 3.62. The van der Waals surface area contributed by atoms with Gasteiger partial charge in [-0.1, -0.05) is 11.2 Å². The maximum Gasteiger partial charge on any atom is 0.244 e. The lowest BCUT2D eigenvalue weighted by molar-refractivity contribution is 0.356. The van der Waals surface area contributed by atoms with Crippen LogP contribution >= 0.6 is 27.3 Å². The summed E-state index contributed by atoms with van der Waals surface area (Å²) in [5.74, 6) is 1.02. The van der Waals surface area contributed by atoms with E-state index in [4.69, 9.17) is 10.3 Å². The molecule has 0 saturated heterocycles. The largest absolute Gasteiger partial charge is 0.337 e. The Morgan fingerprint density at radius 2 is 2.44 bits per heavy atom. The van der Waals surface area contributed by atoms with Gasteiger partial charge in [0.2, 0.25) is 11.7 Å². The average Bonchev–Trinajstić information content (AvgIpc) is 2.85. The Morgan fingerprint density at radius 3 is 3.06 bits per heavy atom. The van der Waals surface area contributed by atoms with Crippen LogP contribution in [0.1, 0.15) is 18.4 Å². The zero-order valence-corrected chi connectivity index (χ0v) is 10.8. The van der Waals surface area contributed by atoms with Gasteiger partial charge < -0.3 is 10.3 Å². The predicted octanol–water partition coefficient (Wildman–Crippen LogP) is 3.14. The minimum absolute atomic E-state index is 0.276. The SMILES string of the molecule is C=CCC(N)c1nc(-c2ccc(Br)s2)no1. The molecule has 2 rings (SSSR count). The third kappa shape index (κ3) is 2.40. The molecule has 0 amide bonds. The summed E-state index contributed by atoms with van der Waals surface area (Å²) in [5.41, 5.74) is 5.83. The van der Waals surface area contributed by atoms with Gasteiger partial charge in [-0.3, -0.25) is 0 Å². The van der Waals surface area contributed by atoms with Crippen LogP contribution in [0.25, 0.3) is 10.7 Å². The van der Waals surface area contributed by atoms with Gasteiger partial charge in [0.15, 0.2) is 0 Å². The van der Waals surface area contributed by atoms with Crippen molar-refractivity contribution >= 4 is 27.3 Å². The quantitative estimate of drug-likeness (QED) is 0.881. The molecule has 0 radical (unpaired) electrons. The predicted molar refractivity (Wildman–Crippen MR) is 67.1 cm³/mol. The molecule has 4 nitrogen and oxygen atoms in total. The summed E-state index contributed by atoms with van der Waals surface area (Å²) in [6.07, 6.45) is 2.35. The van der Waals surface area contributed by atoms with Gasteiger partial charge in [-0.05, 0) is 34.5 Å². The van der Waals surface area contributed by atoms with Gasteiger partial charge in [0, 0.05) is 0 Å². The second-order valence-corrected chi connectivity index (χ2v) is 5.65. The molecular weight excluding hydrogens is 290 g/mol. The van der Waals surface area contributed by atoms with Crippen LogP contribution in [0.15, 0.2) is 33.1 Å². The number of nitrogens with zero attached hydrogens (tertiary/aromatic N) is 2. The molecular formula is C10H10BrN3OS. The van der Waals surface area contributed by atoms with Crippen LogP contribution in [0.3, 0.4) is 0 Å². The first-order chi connectivity index (χ1) is 7.70. The summed E-state index contributed by atoms with van der Waals surface area (Å²) in [7, 11) is 0. The van der Waals surface area contributed by atoms with Gasteiger partial charge in [0.25, 0.3) is 0 Å². The highest BCUT2D eigenvalue weighted by molar-refractivity contribution is 9.11. The number of rotatable bonds is 4. The number of halogens is 1. The minimum Gasteiger partial charge on any atom is -0.337 e.